The molecule has 3 N–H and O–H groups in total. The lowest BCUT2D eigenvalue weighted by Crippen LogP contribution is -2.03. The Hall–Kier alpha value is -0.550. The Morgan fingerprint density at radius 1 is 1.54 bits per heavy atom. The molecule has 0 aromatic carbocycles. The maximum atomic E-state index is 5.39. The van der Waals surface area contributed by atoms with Gasteiger partial charge in [-0.3, -0.25) is 5.10 Å². The van der Waals surface area contributed by atoms with Crippen LogP contribution in [-0.2, 0) is 12.2 Å². The third-order valence-corrected chi connectivity index (χ3v) is 2.71. The molecule has 1 aromatic rings. The van der Waals surface area contributed by atoms with Gasteiger partial charge >= 0.3 is 0 Å². The van der Waals surface area contributed by atoms with Gasteiger partial charge in [-0.1, -0.05) is 6.92 Å². The molecule has 1 heterocycles. The van der Waals surface area contributed by atoms with Crippen LogP contribution in [0.5, 0.6) is 0 Å². The fourth-order valence-electron chi connectivity index (χ4n) is 0.953. The molecule has 0 unspecified atom stereocenters. The molecule has 0 atom stereocenters. The number of nitrogens with zero attached hydrogens (tertiary/aromatic N) is 2. The maximum absolute atomic E-state index is 5.39. The average molecular weight is 200 g/mol. The molecule has 0 spiro atoms. The van der Waals surface area contributed by atoms with Gasteiger partial charge in [-0.2, -0.15) is 16.9 Å². The SMILES string of the molecule is CCCSCc1nc(CCN)n[nH]1. The van der Waals surface area contributed by atoms with Crippen molar-refractivity contribution in [2.45, 2.75) is 25.5 Å². The summed E-state index contributed by atoms with van der Waals surface area (Å²) in [7, 11) is 0. The van der Waals surface area contributed by atoms with E-state index in [1.807, 2.05) is 11.8 Å². The van der Waals surface area contributed by atoms with Crippen LogP contribution in [0.1, 0.15) is 25.0 Å². The minimum absolute atomic E-state index is 0.611. The summed E-state index contributed by atoms with van der Waals surface area (Å²) in [6, 6.07) is 0. The Balaban J connectivity index is 2.31. The van der Waals surface area contributed by atoms with Crippen LogP contribution in [0, 0.1) is 0 Å². The number of aromatic nitrogens is 3. The number of hydrogen-bond donors (Lipinski definition) is 2. The fraction of sp³-hybridized carbons (Fsp3) is 0.750. The van der Waals surface area contributed by atoms with E-state index in [1.54, 1.807) is 0 Å². The van der Waals surface area contributed by atoms with Crippen molar-refractivity contribution >= 4 is 11.8 Å². The van der Waals surface area contributed by atoms with Crippen LogP contribution in [-0.4, -0.2) is 27.5 Å². The Labute approximate surface area is 82.7 Å². The third-order valence-electron chi connectivity index (χ3n) is 1.53. The number of H-pyrrole nitrogens is 1. The lowest BCUT2D eigenvalue weighted by Gasteiger charge is -1.93. The molecular weight excluding hydrogens is 184 g/mol. The van der Waals surface area contributed by atoms with Crippen LogP contribution in [0.25, 0.3) is 0 Å². The molecule has 5 heteroatoms. The summed E-state index contributed by atoms with van der Waals surface area (Å²) in [5, 5.41) is 6.97. The van der Waals surface area contributed by atoms with E-state index in [0.29, 0.717) is 6.54 Å². The van der Waals surface area contributed by atoms with Crippen molar-refractivity contribution in [1.82, 2.24) is 15.2 Å². The van der Waals surface area contributed by atoms with Gasteiger partial charge in [-0.25, -0.2) is 4.98 Å². The summed E-state index contributed by atoms with van der Waals surface area (Å²) in [5.41, 5.74) is 5.39. The normalized spacial score (nSPS) is 10.6. The first-order chi connectivity index (χ1) is 6.36. The van der Waals surface area contributed by atoms with Gasteiger partial charge in [0.15, 0.2) is 5.82 Å². The molecule has 0 aliphatic carbocycles. The summed E-state index contributed by atoms with van der Waals surface area (Å²) in [6.07, 6.45) is 1.96. The van der Waals surface area contributed by atoms with E-state index in [0.717, 1.165) is 23.8 Å². The van der Waals surface area contributed by atoms with Crippen LogP contribution in [0.3, 0.4) is 0 Å². The molecule has 0 bridgehead atoms. The smallest absolute Gasteiger partial charge is 0.151 e. The van der Waals surface area contributed by atoms with Crippen LogP contribution in [0.2, 0.25) is 0 Å². The van der Waals surface area contributed by atoms with Crippen LogP contribution < -0.4 is 5.73 Å². The monoisotopic (exact) mass is 200 g/mol. The molecule has 74 valence electrons. The molecule has 13 heavy (non-hydrogen) atoms. The zero-order valence-corrected chi connectivity index (χ0v) is 8.73. The molecular formula is C8H16N4S. The second-order valence-electron chi connectivity index (χ2n) is 2.79. The van der Waals surface area contributed by atoms with Crippen molar-refractivity contribution in [3.63, 3.8) is 0 Å². The zero-order chi connectivity index (χ0) is 9.52. The van der Waals surface area contributed by atoms with Gasteiger partial charge < -0.3 is 5.73 Å². The van der Waals surface area contributed by atoms with E-state index in [2.05, 4.69) is 22.1 Å². The third kappa shape index (κ3) is 3.78. The minimum atomic E-state index is 0.611. The van der Waals surface area contributed by atoms with E-state index in [1.165, 1.54) is 12.2 Å². The summed E-state index contributed by atoms with van der Waals surface area (Å²) < 4.78 is 0. The Morgan fingerprint density at radius 3 is 3.08 bits per heavy atom. The predicted molar refractivity (Wildman–Crippen MR) is 55.6 cm³/mol. The van der Waals surface area contributed by atoms with Gasteiger partial charge in [-0.15, -0.1) is 0 Å². The lowest BCUT2D eigenvalue weighted by atomic mass is 10.4. The Bertz CT molecular complexity index is 236. The van der Waals surface area contributed by atoms with E-state index in [-0.39, 0.29) is 0 Å². The highest BCUT2D eigenvalue weighted by molar-refractivity contribution is 7.98. The topological polar surface area (TPSA) is 67.6 Å². The molecule has 0 saturated heterocycles. The van der Waals surface area contributed by atoms with Crippen LogP contribution in [0.4, 0.5) is 0 Å². The van der Waals surface area contributed by atoms with Gasteiger partial charge in [0.1, 0.15) is 5.82 Å². The van der Waals surface area contributed by atoms with E-state index < -0.39 is 0 Å². The number of nitrogens with one attached hydrogen (secondary N) is 1. The number of thioether (sulfide) groups is 1. The second kappa shape index (κ2) is 5.99. The molecule has 1 rings (SSSR count). The molecule has 0 saturated carbocycles. The van der Waals surface area contributed by atoms with E-state index >= 15 is 0 Å². The number of hydrogen-bond acceptors (Lipinski definition) is 4. The average Bonchev–Trinajstić information content (AvgIpc) is 2.54. The van der Waals surface area contributed by atoms with Gasteiger partial charge in [0.05, 0.1) is 5.75 Å². The first-order valence-corrected chi connectivity index (χ1v) is 5.70. The number of rotatable bonds is 6. The lowest BCUT2D eigenvalue weighted by molar-refractivity contribution is 0.874. The highest BCUT2D eigenvalue weighted by Crippen LogP contribution is 2.08. The van der Waals surface area contributed by atoms with Crippen molar-refractivity contribution in [2.75, 3.05) is 12.3 Å². The van der Waals surface area contributed by atoms with Crippen molar-refractivity contribution < 1.29 is 0 Å². The van der Waals surface area contributed by atoms with Crippen molar-refractivity contribution in [3.05, 3.63) is 11.6 Å². The Kier molecular flexibility index (Phi) is 4.85. The maximum Gasteiger partial charge on any atom is 0.151 e. The van der Waals surface area contributed by atoms with Crippen molar-refractivity contribution in [1.29, 1.82) is 0 Å². The largest absolute Gasteiger partial charge is 0.330 e. The second-order valence-corrected chi connectivity index (χ2v) is 3.89. The number of nitrogens with two attached hydrogens (primary N) is 1. The quantitative estimate of drug-likeness (QED) is 0.671. The van der Waals surface area contributed by atoms with Crippen molar-refractivity contribution in [2.24, 2.45) is 5.73 Å². The highest BCUT2D eigenvalue weighted by atomic mass is 32.2. The molecule has 4 nitrogen and oxygen atoms in total. The van der Waals surface area contributed by atoms with Crippen LogP contribution in [0.15, 0.2) is 0 Å². The van der Waals surface area contributed by atoms with Gasteiger partial charge in [-0.05, 0) is 18.7 Å². The van der Waals surface area contributed by atoms with Gasteiger partial charge in [0.25, 0.3) is 0 Å². The fourth-order valence-corrected chi connectivity index (χ4v) is 1.71. The molecule has 0 aliphatic heterocycles. The summed E-state index contributed by atoms with van der Waals surface area (Å²) in [4.78, 5) is 4.30. The molecule has 0 aliphatic rings. The van der Waals surface area contributed by atoms with E-state index in [4.69, 9.17) is 5.73 Å². The summed E-state index contributed by atoms with van der Waals surface area (Å²) >= 11 is 1.87. The Morgan fingerprint density at radius 2 is 2.38 bits per heavy atom. The minimum Gasteiger partial charge on any atom is -0.330 e. The van der Waals surface area contributed by atoms with Gasteiger partial charge in [0.2, 0.25) is 0 Å². The molecule has 1 aromatic heterocycles. The first-order valence-electron chi connectivity index (χ1n) is 4.54. The van der Waals surface area contributed by atoms with E-state index in [9.17, 15) is 0 Å². The predicted octanol–water partition coefficient (Wildman–Crippen LogP) is 0.949. The van der Waals surface area contributed by atoms with Crippen LogP contribution >= 0.6 is 11.8 Å². The zero-order valence-electron chi connectivity index (χ0n) is 7.92. The summed E-state index contributed by atoms with van der Waals surface area (Å²) in [5.74, 6) is 3.88. The molecule has 0 amide bonds. The first kappa shape index (κ1) is 10.5. The summed E-state index contributed by atoms with van der Waals surface area (Å²) in [6.45, 7) is 2.78. The number of aromatic amines is 1. The van der Waals surface area contributed by atoms with Gasteiger partial charge in [0, 0.05) is 6.42 Å². The molecule has 0 radical (unpaired) electrons. The molecule has 0 fully saturated rings. The standard InChI is InChI=1S/C8H16N4S/c1-2-5-13-6-8-10-7(3-4-9)11-12-8/h2-6,9H2,1H3,(H,10,11,12). The van der Waals surface area contributed by atoms with Crippen molar-refractivity contribution in [3.8, 4) is 0 Å². The highest BCUT2D eigenvalue weighted by Gasteiger charge is 2.01.